The molecule has 0 aromatic heterocycles. The van der Waals surface area contributed by atoms with Crippen LogP contribution in [0.15, 0.2) is 18.2 Å². The van der Waals surface area contributed by atoms with Crippen LogP contribution >= 0.6 is 11.6 Å². The van der Waals surface area contributed by atoms with Crippen LogP contribution in [0.2, 0.25) is 5.02 Å². The van der Waals surface area contributed by atoms with E-state index in [1.165, 1.54) is 12.1 Å². The predicted octanol–water partition coefficient (Wildman–Crippen LogP) is 3.09. The number of nitrogens with two attached hydrogens (primary N) is 1. The topological polar surface area (TPSA) is 55.6 Å². The summed E-state index contributed by atoms with van der Waals surface area (Å²) in [4.78, 5) is 11.6. The monoisotopic (exact) mass is 260 g/mol. The lowest BCUT2D eigenvalue weighted by atomic mass is 10.2. The Bertz CT molecular complexity index is 432. The molecule has 4 nitrogen and oxygen atoms in total. The van der Waals surface area contributed by atoms with E-state index in [2.05, 4.69) is 0 Å². The summed E-state index contributed by atoms with van der Waals surface area (Å²) in [7, 11) is 0. The third-order valence-corrected chi connectivity index (χ3v) is 2.08. The van der Waals surface area contributed by atoms with Crippen molar-refractivity contribution in [1.82, 2.24) is 0 Å². The highest BCUT2D eigenvalue weighted by molar-refractivity contribution is 6.30. The molecule has 2 N–H and O–H groups in total. The zero-order chi connectivity index (χ0) is 13.2. The first-order valence-electron chi connectivity index (χ1n) is 4.93. The van der Waals surface area contributed by atoms with Crippen LogP contribution in [0, 0.1) is 5.82 Å². The van der Waals surface area contributed by atoms with Crippen LogP contribution in [0.1, 0.15) is 20.8 Å². The summed E-state index contributed by atoms with van der Waals surface area (Å²) in [6.07, 6.45) is -0.765. The molecule has 0 spiro atoms. The molecular formula is C11H14ClFN2O2. The molecule has 6 heteroatoms. The number of anilines is 1. The quantitative estimate of drug-likeness (QED) is 0.480. The Morgan fingerprint density at radius 3 is 2.53 bits per heavy atom. The summed E-state index contributed by atoms with van der Waals surface area (Å²) in [6, 6.07) is 3.80. The number of nitrogens with zero attached hydrogens (tertiary/aromatic N) is 1. The molecule has 0 aliphatic carbocycles. The summed E-state index contributed by atoms with van der Waals surface area (Å²) in [6.45, 7) is 5.13. The number of hydrogen-bond donors (Lipinski definition) is 1. The Morgan fingerprint density at radius 2 is 2.06 bits per heavy atom. The van der Waals surface area contributed by atoms with Gasteiger partial charge in [-0.3, -0.25) is 0 Å². The smallest absolute Gasteiger partial charge is 0.429 e. The lowest BCUT2D eigenvalue weighted by Crippen LogP contribution is -2.41. The van der Waals surface area contributed by atoms with Crippen LogP contribution in [-0.2, 0) is 4.74 Å². The van der Waals surface area contributed by atoms with Crippen LogP contribution in [0.3, 0.4) is 0 Å². The van der Waals surface area contributed by atoms with Crippen molar-refractivity contribution in [2.75, 3.05) is 5.01 Å². The zero-order valence-corrected chi connectivity index (χ0v) is 10.6. The number of carbonyl (C=O) groups is 1. The van der Waals surface area contributed by atoms with Crippen molar-refractivity contribution in [2.24, 2.45) is 5.84 Å². The van der Waals surface area contributed by atoms with Gasteiger partial charge in [0.15, 0.2) is 0 Å². The molecule has 0 aliphatic rings. The van der Waals surface area contributed by atoms with Crippen molar-refractivity contribution >= 4 is 23.4 Å². The van der Waals surface area contributed by atoms with E-state index in [1.54, 1.807) is 20.8 Å². The van der Waals surface area contributed by atoms with E-state index in [-0.39, 0.29) is 10.7 Å². The van der Waals surface area contributed by atoms with Gasteiger partial charge in [-0.25, -0.2) is 20.0 Å². The fourth-order valence-electron chi connectivity index (χ4n) is 1.05. The summed E-state index contributed by atoms with van der Waals surface area (Å²) in [5.74, 6) is 4.86. The Morgan fingerprint density at radius 1 is 1.47 bits per heavy atom. The number of ether oxygens (including phenoxy) is 1. The van der Waals surface area contributed by atoms with E-state index in [0.717, 1.165) is 11.1 Å². The van der Waals surface area contributed by atoms with Crippen LogP contribution in [0.4, 0.5) is 14.9 Å². The number of hydrogen-bond acceptors (Lipinski definition) is 3. The van der Waals surface area contributed by atoms with Crippen molar-refractivity contribution < 1.29 is 13.9 Å². The van der Waals surface area contributed by atoms with E-state index in [4.69, 9.17) is 22.2 Å². The highest BCUT2D eigenvalue weighted by atomic mass is 35.5. The second kappa shape index (κ2) is 4.89. The third kappa shape index (κ3) is 3.87. The molecule has 0 bridgehead atoms. The molecule has 1 amide bonds. The molecule has 1 rings (SSSR count). The molecule has 0 saturated heterocycles. The van der Waals surface area contributed by atoms with Crippen molar-refractivity contribution in [3.05, 3.63) is 29.0 Å². The number of benzene rings is 1. The van der Waals surface area contributed by atoms with Gasteiger partial charge in [0.25, 0.3) is 0 Å². The molecule has 0 unspecified atom stereocenters. The highest BCUT2D eigenvalue weighted by Crippen LogP contribution is 2.21. The first-order chi connectivity index (χ1) is 7.70. The second-order valence-corrected chi connectivity index (χ2v) is 4.86. The third-order valence-electron chi connectivity index (χ3n) is 1.77. The van der Waals surface area contributed by atoms with Gasteiger partial charge in [0.05, 0.1) is 10.7 Å². The van der Waals surface area contributed by atoms with Gasteiger partial charge >= 0.3 is 6.09 Å². The Balaban J connectivity index is 2.85. The molecule has 1 aromatic rings. The summed E-state index contributed by atoms with van der Waals surface area (Å²) in [5, 5.41) is 0.691. The van der Waals surface area contributed by atoms with E-state index in [9.17, 15) is 9.18 Å². The summed E-state index contributed by atoms with van der Waals surface area (Å²) in [5.41, 5.74) is -0.499. The van der Waals surface area contributed by atoms with E-state index in [0.29, 0.717) is 0 Å². The summed E-state index contributed by atoms with van der Waals surface area (Å²) < 4.78 is 18.2. The zero-order valence-electron chi connectivity index (χ0n) is 9.83. The minimum Gasteiger partial charge on any atom is -0.442 e. The van der Waals surface area contributed by atoms with Crippen LogP contribution in [-0.4, -0.2) is 11.7 Å². The molecule has 0 saturated carbocycles. The lowest BCUT2D eigenvalue weighted by molar-refractivity contribution is 0.0580. The SMILES string of the molecule is CC(C)(C)OC(=O)N(N)c1ccc(Cl)c(F)c1. The standard InChI is InChI=1S/C11H14ClFN2O2/c1-11(2,3)17-10(16)15(14)7-4-5-8(12)9(13)6-7/h4-6H,14H2,1-3H3. The van der Waals surface area contributed by atoms with Crippen LogP contribution < -0.4 is 10.9 Å². The van der Waals surface area contributed by atoms with E-state index in [1.807, 2.05) is 0 Å². The highest BCUT2D eigenvalue weighted by Gasteiger charge is 2.21. The fourth-order valence-corrected chi connectivity index (χ4v) is 1.17. The van der Waals surface area contributed by atoms with Gasteiger partial charge in [0, 0.05) is 6.07 Å². The van der Waals surface area contributed by atoms with Crippen molar-refractivity contribution in [3.8, 4) is 0 Å². The molecule has 0 heterocycles. The molecular weight excluding hydrogens is 247 g/mol. The Labute approximate surface area is 104 Å². The maximum atomic E-state index is 13.2. The molecule has 0 fully saturated rings. The molecule has 0 aliphatic heterocycles. The van der Waals surface area contributed by atoms with Gasteiger partial charge in [-0.05, 0) is 32.9 Å². The number of carbonyl (C=O) groups excluding carboxylic acids is 1. The molecule has 0 radical (unpaired) electrons. The maximum Gasteiger partial charge on any atom is 0.429 e. The van der Waals surface area contributed by atoms with Crippen LogP contribution in [0.5, 0.6) is 0 Å². The average molecular weight is 261 g/mol. The van der Waals surface area contributed by atoms with Gasteiger partial charge < -0.3 is 4.74 Å². The molecule has 1 aromatic carbocycles. The Kier molecular flexibility index (Phi) is 3.95. The first-order valence-corrected chi connectivity index (χ1v) is 5.31. The Hall–Kier alpha value is -1.33. The lowest BCUT2D eigenvalue weighted by Gasteiger charge is -2.24. The van der Waals surface area contributed by atoms with E-state index < -0.39 is 17.5 Å². The molecule has 17 heavy (non-hydrogen) atoms. The number of amides is 1. The minimum atomic E-state index is -0.765. The van der Waals surface area contributed by atoms with Gasteiger partial charge in [0.1, 0.15) is 11.4 Å². The van der Waals surface area contributed by atoms with Crippen LogP contribution in [0.25, 0.3) is 0 Å². The second-order valence-electron chi connectivity index (χ2n) is 4.45. The van der Waals surface area contributed by atoms with Gasteiger partial charge in [-0.2, -0.15) is 0 Å². The summed E-state index contributed by atoms with van der Waals surface area (Å²) >= 11 is 5.52. The average Bonchev–Trinajstić information content (AvgIpc) is 2.18. The van der Waals surface area contributed by atoms with Crippen molar-refractivity contribution in [2.45, 2.75) is 26.4 Å². The van der Waals surface area contributed by atoms with Crippen molar-refractivity contribution in [3.63, 3.8) is 0 Å². The van der Waals surface area contributed by atoms with Gasteiger partial charge in [0.2, 0.25) is 0 Å². The van der Waals surface area contributed by atoms with Gasteiger partial charge in [-0.1, -0.05) is 11.6 Å². The maximum absolute atomic E-state index is 13.2. The largest absolute Gasteiger partial charge is 0.442 e. The van der Waals surface area contributed by atoms with E-state index >= 15 is 0 Å². The number of rotatable bonds is 1. The molecule has 0 atom stereocenters. The first kappa shape index (κ1) is 13.7. The minimum absolute atomic E-state index is 0.0358. The predicted molar refractivity (Wildman–Crippen MR) is 64.3 cm³/mol. The fraction of sp³-hybridized carbons (Fsp3) is 0.364. The molecule has 94 valence electrons. The number of hydrazine groups is 1. The van der Waals surface area contributed by atoms with Gasteiger partial charge in [-0.15, -0.1) is 0 Å². The van der Waals surface area contributed by atoms with Crippen molar-refractivity contribution in [1.29, 1.82) is 0 Å². The normalized spacial score (nSPS) is 11.2. The number of halogens is 2.